The fourth-order valence-electron chi connectivity index (χ4n) is 1.96. The maximum absolute atomic E-state index is 6.03. The average molecular weight is 259 g/mol. The SMILES string of the molecule is Clc1cccc([C@H]2C=Cc3ccccc3S2)c1. The normalized spacial score (nSPS) is 17.8. The molecule has 0 saturated heterocycles. The van der Waals surface area contributed by atoms with Crippen LogP contribution in [0.1, 0.15) is 16.4 Å². The molecule has 0 saturated carbocycles. The Morgan fingerprint density at radius 3 is 2.76 bits per heavy atom. The van der Waals surface area contributed by atoms with Crippen molar-refractivity contribution in [3.8, 4) is 0 Å². The topological polar surface area (TPSA) is 0 Å². The van der Waals surface area contributed by atoms with Gasteiger partial charge in [0, 0.05) is 9.92 Å². The van der Waals surface area contributed by atoms with Crippen LogP contribution in [-0.2, 0) is 0 Å². The molecule has 2 heteroatoms. The number of hydrogen-bond donors (Lipinski definition) is 0. The van der Waals surface area contributed by atoms with E-state index < -0.39 is 0 Å². The lowest BCUT2D eigenvalue weighted by atomic mass is 10.1. The maximum atomic E-state index is 6.03. The van der Waals surface area contributed by atoms with Crippen LogP contribution in [0.5, 0.6) is 0 Å². The molecule has 17 heavy (non-hydrogen) atoms. The summed E-state index contributed by atoms with van der Waals surface area (Å²) in [5.74, 6) is 0. The Bertz CT molecular complexity index is 575. The minimum absolute atomic E-state index is 0.364. The fourth-order valence-corrected chi connectivity index (χ4v) is 3.30. The summed E-state index contributed by atoms with van der Waals surface area (Å²) in [5, 5.41) is 1.17. The van der Waals surface area contributed by atoms with Gasteiger partial charge in [0.15, 0.2) is 0 Å². The van der Waals surface area contributed by atoms with Crippen LogP contribution in [0.25, 0.3) is 6.08 Å². The molecule has 1 aliphatic heterocycles. The van der Waals surface area contributed by atoms with Crippen LogP contribution in [0.15, 0.2) is 59.5 Å². The Morgan fingerprint density at radius 1 is 1.00 bits per heavy atom. The molecule has 0 N–H and O–H groups in total. The van der Waals surface area contributed by atoms with E-state index in [-0.39, 0.29) is 0 Å². The second-order valence-corrected chi connectivity index (χ2v) is 5.61. The highest BCUT2D eigenvalue weighted by Gasteiger charge is 2.15. The lowest BCUT2D eigenvalue weighted by Gasteiger charge is -2.19. The van der Waals surface area contributed by atoms with Gasteiger partial charge < -0.3 is 0 Å². The van der Waals surface area contributed by atoms with Crippen molar-refractivity contribution in [2.45, 2.75) is 10.1 Å². The van der Waals surface area contributed by atoms with E-state index in [2.05, 4.69) is 42.5 Å². The van der Waals surface area contributed by atoms with Gasteiger partial charge in [-0.25, -0.2) is 0 Å². The van der Waals surface area contributed by atoms with Gasteiger partial charge in [-0.05, 0) is 29.3 Å². The zero-order valence-electron chi connectivity index (χ0n) is 9.14. The molecule has 1 aliphatic rings. The Balaban J connectivity index is 1.95. The minimum Gasteiger partial charge on any atom is -0.113 e. The monoisotopic (exact) mass is 258 g/mol. The molecule has 0 aliphatic carbocycles. The fraction of sp³-hybridized carbons (Fsp3) is 0.0667. The van der Waals surface area contributed by atoms with E-state index in [9.17, 15) is 0 Å². The third-order valence-corrected chi connectivity index (χ3v) is 4.34. The van der Waals surface area contributed by atoms with Gasteiger partial charge in [0.25, 0.3) is 0 Å². The number of rotatable bonds is 1. The van der Waals surface area contributed by atoms with E-state index in [1.54, 1.807) is 0 Å². The summed E-state index contributed by atoms with van der Waals surface area (Å²) in [6, 6.07) is 16.6. The van der Waals surface area contributed by atoms with Crippen molar-refractivity contribution < 1.29 is 0 Å². The van der Waals surface area contributed by atoms with Crippen molar-refractivity contribution in [2.75, 3.05) is 0 Å². The first-order chi connectivity index (χ1) is 8.33. The second kappa shape index (κ2) is 4.59. The van der Waals surface area contributed by atoms with Gasteiger partial charge >= 0.3 is 0 Å². The zero-order chi connectivity index (χ0) is 11.7. The predicted molar refractivity (Wildman–Crippen MR) is 75.5 cm³/mol. The van der Waals surface area contributed by atoms with Gasteiger partial charge in [0.05, 0.1) is 5.25 Å². The number of hydrogen-bond acceptors (Lipinski definition) is 1. The molecule has 2 aromatic rings. The van der Waals surface area contributed by atoms with Crippen LogP contribution in [0, 0.1) is 0 Å². The van der Waals surface area contributed by atoms with E-state index in [4.69, 9.17) is 11.6 Å². The van der Waals surface area contributed by atoms with Gasteiger partial charge in [0.1, 0.15) is 0 Å². The number of halogens is 1. The number of benzene rings is 2. The van der Waals surface area contributed by atoms with Crippen molar-refractivity contribution in [3.63, 3.8) is 0 Å². The van der Waals surface area contributed by atoms with Crippen LogP contribution < -0.4 is 0 Å². The summed E-state index contributed by atoms with van der Waals surface area (Å²) < 4.78 is 0. The Kier molecular flexibility index (Phi) is 2.96. The van der Waals surface area contributed by atoms with Gasteiger partial charge in [-0.3, -0.25) is 0 Å². The van der Waals surface area contributed by atoms with E-state index >= 15 is 0 Å². The van der Waals surface area contributed by atoms with Gasteiger partial charge in [0.2, 0.25) is 0 Å². The summed E-state index contributed by atoms with van der Waals surface area (Å²) in [6.45, 7) is 0. The van der Waals surface area contributed by atoms with E-state index in [0.717, 1.165) is 5.02 Å². The van der Waals surface area contributed by atoms with E-state index in [1.807, 2.05) is 30.0 Å². The molecule has 0 nitrogen and oxygen atoms in total. The molecule has 0 unspecified atom stereocenters. The first kappa shape index (κ1) is 10.9. The molecule has 0 aromatic heterocycles. The predicted octanol–water partition coefficient (Wildman–Crippen LogP) is 5.20. The van der Waals surface area contributed by atoms with Crippen LogP contribution >= 0.6 is 23.4 Å². The summed E-state index contributed by atoms with van der Waals surface area (Å²) in [6.07, 6.45) is 4.43. The Hall–Kier alpha value is -1.18. The van der Waals surface area contributed by atoms with Crippen LogP contribution in [0.4, 0.5) is 0 Å². The molecule has 84 valence electrons. The molecule has 3 rings (SSSR count). The highest BCUT2D eigenvalue weighted by Crippen LogP contribution is 2.42. The molecule has 0 spiro atoms. The van der Waals surface area contributed by atoms with Gasteiger partial charge in [-0.2, -0.15) is 0 Å². The number of fused-ring (bicyclic) bond motifs is 1. The van der Waals surface area contributed by atoms with Crippen molar-refractivity contribution in [1.82, 2.24) is 0 Å². The first-order valence-corrected chi connectivity index (χ1v) is 6.78. The van der Waals surface area contributed by atoms with Crippen molar-refractivity contribution in [1.29, 1.82) is 0 Å². The quantitative estimate of drug-likeness (QED) is 0.677. The summed E-state index contributed by atoms with van der Waals surface area (Å²) in [4.78, 5) is 1.33. The molecule has 1 atom stereocenters. The van der Waals surface area contributed by atoms with Crippen LogP contribution in [0.2, 0.25) is 5.02 Å². The lowest BCUT2D eigenvalue weighted by molar-refractivity contribution is 1.20. The lowest BCUT2D eigenvalue weighted by Crippen LogP contribution is -1.95. The molecular weight excluding hydrogens is 248 g/mol. The molecule has 2 aromatic carbocycles. The van der Waals surface area contributed by atoms with Crippen LogP contribution in [0.3, 0.4) is 0 Å². The first-order valence-electron chi connectivity index (χ1n) is 5.52. The second-order valence-electron chi connectivity index (χ2n) is 3.99. The number of thioether (sulfide) groups is 1. The van der Waals surface area contributed by atoms with E-state index in [0.29, 0.717) is 5.25 Å². The Labute approximate surface area is 110 Å². The van der Waals surface area contributed by atoms with Gasteiger partial charge in [-0.15, -0.1) is 11.8 Å². The zero-order valence-corrected chi connectivity index (χ0v) is 10.7. The summed E-state index contributed by atoms with van der Waals surface area (Å²) >= 11 is 7.90. The highest BCUT2D eigenvalue weighted by atomic mass is 35.5. The van der Waals surface area contributed by atoms with Crippen molar-refractivity contribution in [3.05, 3.63) is 70.8 Å². The summed E-state index contributed by atoms with van der Waals surface area (Å²) in [7, 11) is 0. The Morgan fingerprint density at radius 2 is 1.88 bits per heavy atom. The van der Waals surface area contributed by atoms with Crippen molar-refractivity contribution in [2.24, 2.45) is 0 Å². The highest BCUT2D eigenvalue weighted by molar-refractivity contribution is 7.99. The molecule has 0 fully saturated rings. The average Bonchev–Trinajstić information content (AvgIpc) is 2.38. The molecular formula is C15H11ClS. The smallest absolute Gasteiger partial charge is 0.0528 e. The van der Waals surface area contributed by atoms with Crippen molar-refractivity contribution >= 4 is 29.4 Å². The van der Waals surface area contributed by atoms with E-state index in [1.165, 1.54) is 16.0 Å². The third-order valence-electron chi connectivity index (χ3n) is 2.80. The molecule has 0 radical (unpaired) electrons. The minimum atomic E-state index is 0.364. The third kappa shape index (κ3) is 2.26. The largest absolute Gasteiger partial charge is 0.113 e. The van der Waals surface area contributed by atoms with Crippen LogP contribution in [-0.4, -0.2) is 0 Å². The molecule has 0 amide bonds. The standard InChI is InChI=1S/C15H11ClS/c16-13-6-3-5-12(10-13)15-9-8-11-4-1-2-7-14(11)17-15/h1-10,15H/t15-/m1/s1. The van der Waals surface area contributed by atoms with Gasteiger partial charge in [-0.1, -0.05) is 54.1 Å². The molecule has 0 bridgehead atoms. The maximum Gasteiger partial charge on any atom is 0.0528 e. The molecule has 1 heterocycles. The summed E-state index contributed by atoms with van der Waals surface area (Å²) in [5.41, 5.74) is 2.56.